The molecule has 0 aliphatic carbocycles. The standard InChI is InChI=1S/C19H28N4O.ClH/c1-12-8-9-13(20)10-14(12)17(24)21-16-11-15(18(2,3)4)22-23(16)19(5,6)7;/h8-11H,20H2,1-7H3,(H,21,24);1H. The number of nitrogens with one attached hydrogen (secondary N) is 1. The summed E-state index contributed by atoms with van der Waals surface area (Å²) in [7, 11) is 0. The lowest BCUT2D eigenvalue weighted by Crippen LogP contribution is -2.27. The molecule has 3 N–H and O–H groups in total. The Balaban J connectivity index is 0.00000312. The van der Waals surface area contributed by atoms with E-state index in [1.54, 1.807) is 12.1 Å². The summed E-state index contributed by atoms with van der Waals surface area (Å²) in [4.78, 5) is 12.7. The van der Waals surface area contributed by atoms with Gasteiger partial charge in [0.15, 0.2) is 0 Å². The van der Waals surface area contributed by atoms with Crippen LogP contribution in [0.25, 0.3) is 0 Å². The van der Waals surface area contributed by atoms with Gasteiger partial charge in [0.05, 0.1) is 11.2 Å². The zero-order valence-electron chi connectivity index (χ0n) is 16.1. The Kier molecular flexibility index (Phi) is 5.96. The Bertz CT molecular complexity index is 767. The molecular weight excluding hydrogens is 336 g/mol. The molecule has 25 heavy (non-hydrogen) atoms. The number of hydrogen-bond donors (Lipinski definition) is 2. The second kappa shape index (κ2) is 7.08. The van der Waals surface area contributed by atoms with Gasteiger partial charge in [-0.3, -0.25) is 4.79 Å². The molecule has 2 rings (SSSR count). The van der Waals surface area contributed by atoms with Crippen LogP contribution in [0.4, 0.5) is 11.5 Å². The summed E-state index contributed by atoms with van der Waals surface area (Å²) < 4.78 is 1.87. The minimum Gasteiger partial charge on any atom is -0.399 e. The Morgan fingerprint density at radius 2 is 1.72 bits per heavy atom. The van der Waals surface area contributed by atoms with Gasteiger partial charge in [-0.1, -0.05) is 26.8 Å². The van der Waals surface area contributed by atoms with Gasteiger partial charge in [-0.2, -0.15) is 5.10 Å². The van der Waals surface area contributed by atoms with E-state index in [0.717, 1.165) is 11.3 Å². The molecule has 5 nitrogen and oxygen atoms in total. The van der Waals surface area contributed by atoms with E-state index in [1.165, 1.54) is 0 Å². The number of rotatable bonds is 2. The molecule has 1 aromatic carbocycles. The molecule has 0 atom stereocenters. The third-order valence-corrected chi connectivity index (χ3v) is 3.86. The summed E-state index contributed by atoms with van der Waals surface area (Å²) in [5.41, 5.74) is 8.47. The average Bonchev–Trinajstić information content (AvgIpc) is 2.85. The molecule has 0 fully saturated rings. The van der Waals surface area contributed by atoms with Crippen LogP contribution in [0, 0.1) is 6.92 Å². The van der Waals surface area contributed by atoms with Crippen LogP contribution in [-0.2, 0) is 11.0 Å². The Hall–Kier alpha value is -2.01. The van der Waals surface area contributed by atoms with Crippen molar-refractivity contribution in [1.82, 2.24) is 9.78 Å². The van der Waals surface area contributed by atoms with E-state index in [-0.39, 0.29) is 29.3 Å². The van der Waals surface area contributed by atoms with Crippen LogP contribution in [0.1, 0.15) is 63.2 Å². The van der Waals surface area contributed by atoms with Crippen molar-refractivity contribution < 1.29 is 4.79 Å². The first-order valence-corrected chi connectivity index (χ1v) is 8.18. The quantitative estimate of drug-likeness (QED) is 0.770. The predicted molar refractivity (Wildman–Crippen MR) is 107 cm³/mol. The van der Waals surface area contributed by atoms with E-state index in [0.29, 0.717) is 17.1 Å². The fourth-order valence-electron chi connectivity index (χ4n) is 2.42. The lowest BCUT2D eigenvalue weighted by molar-refractivity contribution is 0.102. The first-order chi connectivity index (χ1) is 10.9. The third kappa shape index (κ3) is 4.75. The fourth-order valence-corrected chi connectivity index (χ4v) is 2.42. The molecule has 0 aliphatic rings. The number of nitrogens with zero attached hydrogens (tertiary/aromatic N) is 2. The predicted octanol–water partition coefficient (Wildman–Crippen LogP) is 4.50. The normalized spacial score (nSPS) is 11.8. The molecule has 0 bridgehead atoms. The van der Waals surface area contributed by atoms with Gasteiger partial charge in [-0.25, -0.2) is 4.68 Å². The van der Waals surface area contributed by atoms with Gasteiger partial charge in [0.1, 0.15) is 5.82 Å². The Morgan fingerprint density at radius 1 is 1.12 bits per heavy atom. The number of amides is 1. The highest BCUT2D eigenvalue weighted by Crippen LogP contribution is 2.28. The SMILES string of the molecule is Cc1ccc(N)cc1C(=O)Nc1cc(C(C)(C)C)nn1C(C)(C)C.Cl. The monoisotopic (exact) mass is 364 g/mol. The number of benzene rings is 1. The third-order valence-electron chi connectivity index (χ3n) is 3.86. The maximum atomic E-state index is 12.7. The summed E-state index contributed by atoms with van der Waals surface area (Å²) >= 11 is 0. The first-order valence-electron chi connectivity index (χ1n) is 8.18. The Labute approximate surface area is 156 Å². The van der Waals surface area contributed by atoms with E-state index in [2.05, 4.69) is 46.9 Å². The summed E-state index contributed by atoms with van der Waals surface area (Å²) in [6.07, 6.45) is 0. The van der Waals surface area contributed by atoms with Crippen molar-refractivity contribution in [3.63, 3.8) is 0 Å². The van der Waals surface area contributed by atoms with Gasteiger partial charge in [0.25, 0.3) is 5.91 Å². The zero-order valence-corrected chi connectivity index (χ0v) is 16.9. The van der Waals surface area contributed by atoms with E-state index in [9.17, 15) is 4.79 Å². The number of anilines is 2. The van der Waals surface area contributed by atoms with Crippen LogP contribution in [0.15, 0.2) is 24.3 Å². The lowest BCUT2D eigenvalue weighted by Gasteiger charge is -2.23. The zero-order chi connectivity index (χ0) is 18.3. The van der Waals surface area contributed by atoms with Crippen LogP contribution in [-0.4, -0.2) is 15.7 Å². The van der Waals surface area contributed by atoms with Gasteiger partial charge in [0.2, 0.25) is 0 Å². The van der Waals surface area contributed by atoms with Gasteiger partial charge >= 0.3 is 0 Å². The van der Waals surface area contributed by atoms with Crippen LogP contribution in [0.3, 0.4) is 0 Å². The number of nitrogen functional groups attached to an aromatic ring is 1. The molecule has 0 aliphatic heterocycles. The molecule has 0 saturated carbocycles. The molecule has 138 valence electrons. The number of hydrogen-bond acceptors (Lipinski definition) is 3. The van der Waals surface area contributed by atoms with Crippen molar-refractivity contribution >= 4 is 29.8 Å². The van der Waals surface area contributed by atoms with Crippen molar-refractivity contribution in [2.75, 3.05) is 11.1 Å². The number of carbonyl (C=O) groups is 1. The molecule has 1 amide bonds. The fraction of sp³-hybridized carbons (Fsp3) is 0.474. The number of carbonyl (C=O) groups excluding carboxylic acids is 1. The van der Waals surface area contributed by atoms with E-state index in [1.807, 2.05) is 23.7 Å². The van der Waals surface area contributed by atoms with E-state index < -0.39 is 0 Å². The minimum atomic E-state index is -0.239. The van der Waals surface area contributed by atoms with Gasteiger partial charge in [0, 0.05) is 22.7 Å². The second-order valence-electron chi connectivity index (χ2n) is 8.28. The number of aryl methyl sites for hydroxylation is 1. The molecule has 0 spiro atoms. The van der Waals surface area contributed by atoms with Gasteiger partial charge in [-0.05, 0) is 45.4 Å². The number of nitrogens with two attached hydrogens (primary N) is 1. The van der Waals surface area contributed by atoms with Gasteiger partial charge in [-0.15, -0.1) is 12.4 Å². The largest absolute Gasteiger partial charge is 0.399 e. The van der Waals surface area contributed by atoms with Crippen molar-refractivity contribution in [3.8, 4) is 0 Å². The molecule has 0 saturated heterocycles. The highest BCUT2D eigenvalue weighted by atomic mass is 35.5. The van der Waals surface area contributed by atoms with Crippen molar-refractivity contribution in [1.29, 1.82) is 0 Å². The van der Waals surface area contributed by atoms with E-state index >= 15 is 0 Å². The van der Waals surface area contributed by atoms with Crippen LogP contribution >= 0.6 is 12.4 Å². The highest BCUT2D eigenvalue weighted by Gasteiger charge is 2.26. The van der Waals surface area contributed by atoms with Crippen molar-refractivity contribution in [3.05, 3.63) is 41.1 Å². The van der Waals surface area contributed by atoms with E-state index in [4.69, 9.17) is 10.8 Å². The first kappa shape index (κ1) is 21.0. The van der Waals surface area contributed by atoms with Crippen LogP contribution in [0.5, 0.6) is 0 Å². The highest BCUT2D eigenvalue weighted by molar-refractivity contribution is 6.05. The molecule has 6 heteroatoms. The molecule has 1 heterocycles. The molecular formula is C19H29ClN4O. The molecule has 0 radical (unpaired) electrons. The minimum absolute atomic E-state index is 0. The van der Waals surface area contributed by atoms with Crippen LogP contribution in [0.2, 0.25) is 0 Å². The molecule has 0 unspecified atom stereocenters. The number of halogens is 1. The lowest BCUT2D eigenvalue weighted by atomic mass is 9.92. The maximum absolute atomic E-state index is 12.7. The van der Waals surface area contributed by atoms with Gasteiger partial charge < -0.3 is 11.1 Å². The maximum Gasteiger partial charge on any atom is 0.257 e. The molecule has 2 aromatic rings. The summed E-state index contributed by atoms with van der Waals surface area (Å²) in [6, 6.07) is 7.30. The summed E-state index contributed by atoms with van der Waals surface area (Å²) in [5.74, 6) is 0.518. The number of aromatic nitrogens is 2. The van der Waals surface area contributed by atoms with Crippen LogP contribution < -0.4 is 11.1 Å². The average molecular weight is 365 g/mol. The Morgan fingerprint density at radius 3 is 2.24 bits per heavy atom. The summed E-state index contributed by atoms with van der Waals surface area (Å²) in [5, 5.41) is 7.72. The molecule has 1 aromatic heterocycles. The van der Waals surface area contributed by atoms with Crippen molar-refractivity contribution in [2.24, 2.45) is 0 Å². The smallest absolute Gasteiger partial charge is 0.257 e. The topological polar surface area (TPSA) is 72.9 Å². The van der Waals surface area contributed by atoms with Crippen molar-refractivity contribution in [2.45, 2.75) is 59.4 Å². The second-order valence-corrected chi connectivity index (χ2v) is 8.28. The summed E-state index contributed by atoms with van der Waals surface area (Å²) in [6.45, 7) is 14.4.